The third kappa shape index (κ3) is 0.689. The van der Waals surface area contributed by atoms with Crippen LogP contribution in [0.3, 0.4) is 0 Å². The molecule has 0 aliphatic carbocycles. The molecule has 0 saturated carbocycles. The number of carbonyl (C=O) groups excluding carboxylic acids is 1. The second-order valence-corrected chi connectivity index (χ2v) is 3.84. The van der Waals surface area contributed by atoms with Gasteiger partial charge in [0, 0.05) is 5.75 Å². The highest BCUT2D eigenvalue weighted by Crippen LogP contribution is 2.38. The predicted octanol–water partition coefficient (Wildman–Crippen LogP) is -0.348. The number of aliphatic hydroxyl groups is 1. The van der Waals surface area contributed by atoms with Crippen LogP contribution in [-0.2, 0) is 4.79 Å². The molecule has 2 aliphatic heterocycles. The van der Waals surface area contributed by atoms with Crippen LogP contribution in [0.4, 0.5) is 0 Å². The molecule has 2 atom stereocenters. The quantitative estimate of drug-likeness (QED) is 0.532. The molecule has 2 fully saturated rings. The standard InChI is InChI=1S/C6H9NO2S/c8-2-4-3-10-6-1-5(9)7(4)6/h4,6,8H,1-3H2/t4?,6-/m0/s1. The first-order valence-electron chi connectivity index (χ1n) is 3.36. The van der Waals surface area contributed by atoms with E-state index in [0.717, 1.165) is 5.75 Å². The van der Waals surface area contributed by atoms with Crippen molar-refractivity contribution in [2.24, 2.45) is 0 Å². The van der Waals surface area contributed by atoms with Crippen LogP contribution in [0.25, 0.3) is 0 Å². The van der Waals surface area contributed by atoms with E-state index >= 15 is 0 Å². The van der Waals surface area contributed by atoms with Gasteiger partial charge in [-0.15, -0.1) is 11.8 Å². The van der Waals surface area contributed by atoms with Crippen molar-refractivity contribution < 1.29 is 9.90 Å². The minimum absolute atomic E-state index is 0.108. The van der Waals surface area contributed by atoms with Gasteiger partial charge in [-0.05, 0) is 0 Å². The number of hydrogen-bond donors (Lipinski definition) is 1. The van der Waals surface area contributed by atoms with Crippen LogP contribution in [0.1, 0.15) is 6.42 Å². The summed E-state index contributed by atoms with van der Waals surface area (Å²) in [5, 5.41) is 9.19. The van der Waals surface area contributed by atoms with E-state index in [1.807, 2.05) is 0 Å². The first-order chi connectivity index (χ1) is 4.83. The summed E-state index contributed by atoms with van der Waals surface area (Å²) in [5.41, 5.74) is 0. The number of aliphatic hydroxyl groups excluding tert-OH is 1. The SMILES string of the molecule is O=C1C[C@@H]2SCC(CO)N12. The summed E-state index contributed by atoms with van der Waals surface area (Å²) in [7, 11) is 0. The van der Waals surface area contributed by atoms with Gasteiger partial charge in [0.15, 0.2) is 0 Å². The van der Waals surface area contributed by atoms with Gasteiger partial charge in [0.1, 0.15) is 0 Å². The number of thioether (sulfide) groups is 1. The molecular weight excluding hydrogens is 150 g/mol. The summed E-state index contributed by atoms with van der Waals surface area (Å²) in [5.74, 6) is 1.11. The Labute approximate surface area is 63.4 Å². The summed E-state index contributed by atoms with van der Waals surface area (Å²) < 4.78 is 0. The molecule has 1 N–H and O–H groups in total. The molecular formula is C6H9NO2S. The Kier molecular flexibility index (Phi) is 1.38. The lowest BCUT2D eigenvalue weighted by Crippen LogP contribution is -2.52. The van der Waals surface area contributed by atoms with E-state index in [9.17, 15) is 4.79 Å². The van der Waals surface area contributed by atoms with Crippen molar-refractivity contribution in [3.63, 3.8) is 0 Å². The second-order valence-electron chi connectivity index (χ2n) is 2.63. The number of amides is 1. The Morgan fingerprint density at radius 1 is 1.80 bits per heavy atom. The van der Waals surface area contributed by atoms with Gasteiger partial charge in [0.25, 0.3) is 0 Å². The monoisotopic (exact) mass is 159 g/mol. The smallest absolute Gasteiger partial charge is 0.226 e. The molecule has 56 valence electrons. The fourth-order valence-corrected chi connectivity index (χ4v) is 2.84. The maximum absolute atomic E-state index is 10.9. The van der Waals surface area contributed by atoms with E-state index in [1.165, 1.54) is 0 Å². The lowest BCUT2D eigenvalue weighted by molar-refractivity contribution is -0.144. The van der Waals surface area contributed by atoms with Crippen LogP contribution in [0.5, 0.6) is 0 Å². The largest absolute Gasteiger partial charge is 0.394 e. The topological polar surface area (TPSA) is 40.5 Å². The lowest BCUT2D eigenvalue weighted by Gasteiger charge is -2.36. The number of fused-ring (bicyclic) bond motifs is 1. The van der Waals surface area contributed by atoms with Crippen molar-refractivity contribution in [1.29, 1.82) is 0 Å². The third-order valence-corrected chi connectivity index (χ3v) is 3.39. The van der Waals surface area contributed by atoms with Crippen molar-refractivity contribution in [3.8, 4) is 0 Å². The molecule has 0 aromatic carbocycles. The van der Waals surface area contributed by atoms with Gasteiger partial charge in [-0.1, -0.05) is 0 Å². The molecule has 2 saturated heterocycles. The summed E-state index contributed by atoms with van der Waals surface area (Å²) in [6.45, 7) is 0.120. The summed E-state index contributed by atoms with van der Waals surface area (Å²) >= 11 is 1.77. The molecule has 4 heteroatoms. The van der Waals surface area contributed by atoms with E-state index < -0.39 is 0 Å². The molecule has 10 heavy (non-hydrogen) atoms. The minimum atomic E-state index is 0.108. The normalized spacial score (nSPS) is 37.7. The number of nitrogens with zero attached hydrogens (tertiary/aromatic N) is 1. The van der Waals surface area contributed by atoms with Gasteiger partial charge < -0.3 is 10.0 Å². The molecule has 1 amide bonds. The second kappa shape index (κ2) is 2.13. The third-order valence-electron chi connectivity index (χ3n) is 2.03. The van der Waals surface area contributed by atoms with Crippen LogP contribution in [0.15, 0.2) is 0 Å². The zero-order valence-electron chi connectivity index (χ0n) is 5.49. The lowest BCUT2D eigenvalue weighted by atomic mass is 10.1. The first kappa shape index (κ1) is 6.49. The molecule has 0 spiro atoms. The van der Waals surface area contributed by atoms with Gasteiger partial charge in [0.05, 0.1) is 24.4 Å². The average Bonchev–Trinajstić information content (AvgIpc) is 2.25. The zero-order valence-corrected chi connectivity index (χ0v) is 6.30. The molecule has 2 rings (SSSR count). The van der Waals surface area contributed by atoms with Gasteiger partial charge in [-0.2, -0.15) is 0 Å². The predicted molar refractivity (Wildman–Crippen MR) is 38.6 cm³/mol. The molecule has 0 aromatic rings. The van der Waals surface area contributed by atoms with Crippen LogP contribution in [0, 0.1) is 0 Å². The van der Waals surface area contributed by atoms with Gasteiger partial charge in [-0.3, -0.25) is 4.79 Å². The summed E-state index contributed by atoms with van der Waals surface area (Å²) in [4.78, 5) is 12.7. The highest BCUT2D eigenvalue weighted by atomic mass is 32.2. The maximum atomic E-state index is 10.9. The Morgan fingerprint density at radius 2 is 2.60 bits per heavy atom. The Bertz CT molecular complexity index is 173. The molecule has 0 radical (unpaired) electrons. The highest BCUT2D eigenvalue weighted by Gasteiger charge is 2.45. The van der Waals surface area contributed by atoms with E-state index in [0.29, 0.717) is 11.8 Å². The van der Waals surface area contributed by atoms with E-state index in [4.69, 9.17) is 5.11 Å². The number of β-lactam (4-membered cyclic amide) rings is 1. The average molecular weight is 159 g/mol. The Balaban J connectivity index is 2.07. The van der Waals surface area contributed by atoms with Crippen LogP contribution in [-0.4, -0.2) is 39.7 Å². The summed E-state index contributed by atoms with van der Waals surface area (Å²) in [6.07, 6.45) is 0.682. The maximum Gasteiger partial charge on any atom is 0.226 e. The first-order valence-corrected chi connectivity index (χ1v) is 4.41. The van der Waals surface area contributed by atoms with Crippen molar-refractivity contribution in [1.82, 2.24) is 4.90 Å². The van der Waals surface area contributed by atoms with Crippen LogP contribution < -0.4 is 0 Å². The number of rotatable bonds is 1. The molecule has 3 nitrogen and oxygen atoms in total. The van der Waals surface area contributed by atoms with E-state index in [1.54, 1.807) is 16.7 Å². The fourth-order valence-electron chi connectivity index (χ4n) is 1.42. The zero-order chi connectivity index (χ0) is 7.14. The van der Waals surface area contributed by atoms with Crippen LogP contribution in [0.2, 0.25) is 0 Å². The fraction of sp³-hybridized carbons (Fsp3) is 0.833. The van der Waals surface area contributed by atoms with Gasteiger partial charge in [0.2, 0.25) is 5.91 Å². The van der Waals surface area contributed by atoms with Crippen LogP contribution >= 0.6 is 11.8 Å². The van der Waals surface area contributed by atoms with Crippen molar-refractivity contribution in [3.05, 3.63) is 0 Å². The number of hydrogen-bond acceptors (Lipinski definition) is 3. The van der Waals surface area contributed by atoms with Crippen molar-refractivity contribution in [2.75, 3.05) is 12.4 Å². The number of carbonyl (C=O) groups is 1. The van der Waals surface area contributed by atoms with E-state index in [-0.39, 0.29) is 18.6 Å². The van der Waals surface area contributed by atoms with Crippen molar-refractivity contribution in [2.45, 2.75) is 17.8 Å². The molecule has 0 bridgehead atoms. The minimum Gasteiger partial charge on any atom is -0.394 e. The van der Waals surface area contributed by atoms with E-state index in [2.05, 4.69) is 0 Å². The summed E-state index contributed by atoms with van der Waals surface area (Å²) in [6, 6.07) is 0.108. The Hall–Kier alpha value is -0.220. The van der Waals surface area contributed by atoms with Gasteiger partial charge >= 0.3 is 0 Å². The van der Waals surface area contributed by atoms with Crippen molar-refractivity contribution >= 4 is 17.7 Å². The highest BCUT2D eigenvalue weighted by molar-refractivity contribution is 8.00. The van der Waals surface area contributed by atoms with Gasteiger partial charge in [-0.25, -0.2) is 0 Å². The Morgan fingerprint density at radius 3 is 3.10 bits per heavy atom. The molecule has 0 aromatic heterocycles. The molecule has 2 aliphatic rings. The molecule has 2 heterocycles. The molecule has 1 unspecified atom stereocenters.